The molecule has 0 aliphatic carbocycles. The minimum Gasteiger partial charge on any atom is -0.392 e. The number of carbonyl (C=O) groups is 1. The minimum atomic E-state index is -0.324. The molecule has 0 radical (unpaired) electrons. The van der Waals surface area contributed by atoms with E-state index in [1.165, 1.54) is 5.56 Å². The zero-order valence-electron chi connectivity index (χ0n) is 16.5. The van der Waals surface area contributed by atoms with Crippen LogP contribution < -0.4 is 5.32 Å². The summed E-state index contributed by atoms with van der Waals surface area (Å²) in [5.74, 6) is 0.277. The Morgan fingerprint density at radius 3 is 2.44 bits per heavy atom. The zero-order valence-corrected chi connectivity index (χ0v) is 16.5. The molecule has 27 heavy (non-hydrogen) atoms. The van der Waals surface area contributed by atoms with Crippen LogP contribution >= 0.6 is 0 Å². The van der Waals surface area contributed by atoms with Crippen LogP contribution in [-0.2, 0) is 6.42 Å². The Morgan fingerprint density at radius 1 is 1.11 bits per heavy atom. The van der Waals surface area contributed by atoms with E-state index in [0.717, 1.165) is 58.7 Å². The van der Waals surface area contributed by atoms with Gasteiger partial charge in [0.25, 0.3) is 0 Å². The third-order valence-corrected chi connectivity index (χ3v) is 5.96. The third-order valence-electron chi connectivity index (χ3n) is 5.96. The first-order valence-corrected chi connectivity index (χ1v) is 10.3. The first-order valence-electron chi connectivity index (χ1n) is 10.3. The van der Waals surface area contributed by atoms with Gasteiger partial charge in [0.1, 0.15) is 0 Å². The SMILES string of the molecule is CN1CCN(CCNC(=O)N2CCC([C@H](O)Cc3ccccc3)CC2)CC1. The summed E-state index contributed by atoms with van der Waals surface area (Å²) in [4.78, 5) is 19.0. The first kappa shape index (κ1) is 20.1. The highest BCUT2D eigenvalue weighted by atomic mass is 16.3. The summed E-state index contributed by atoms with van der Waals surface area (Å²) in [7, 11) is 2.15. The highest BCUT2D eigenvalue weighted by Gasteiger charge is 2.27. The molecule has 1 aromatic carbocycles. The summed E-state index contributed by atoms with van der Waals surface area (Å²) < 4.78 is 0. The number of carbonyl (C=O) groups excluding carboxylic acids is 1. The predicted molar refractivity (Wildman–Crippen MR) is 108 cm³/mol. The summed E-state index contributed by atoms with van der Waals surface area (Å²) in [5, 5.41) is 13.6. The van der Waals surface area contributed by atoms with Gasteiger partial charge in [0.2, 0.25) is 0 Å². The molecule has 2 fully saturated rings. The predicted octanol–water partition coefficient (Wildman–Crippen LogP) is 1.26. The van der Waals surface area contributed by atoms with Crippen LogP contribution in [0.2, 0.25) is 0 Å². The summed E-state index contributed by atoms with van der Waals surface area (Å²) in [6.45, 7) is 7.46. The van der Waals surface area contributed by atoms with Crippen molar-refractivity contribution in [1.82, 2.24) is 20.0 Å². The Bertz CT molecular complexity index is 567. The van der Waals surface area contributed by atoms with Gasteiger partial charge in [-0.25, -0.2) is 4.79 Å². The maximum absolute atomic E-state index is 12.4. The van der Waals surface area contributed by atoms with Crippen LogP contribution in [0.3, 0.4) is 0 Å². The van der Waals surface area contributed by atoms with Crippen molar-refractivity contribution in [3.63, 3.8) is 0 Å². The van der Waals surface area contributed by atoms with E-state index in [9.17, 15) is 9.90 Å². The Hall–Kier alpha value is -1.63. The van der Waals surface area contributed by atoms with E-state index in [4.69, 9.17) is 0 Å². The molecule has 0 saturated carbocycles. The second-order valence-corrected chi connectivity index (χ2v) is 7.96. The van der Waals surface area contributed by atoms with Crippen LogP contribution in [0.25, 0.3) is 0 Å². The van der Waals surface area contributed by atoms with Crippen molar-refractivity contribution < 1.29 is 9.90 Å². The van der Waals surface area contributed by atoms with Crippen molar-refractivity contribution in [1.29, 1.82) is 0 Å². The monoisotopic (exact) mass is 374 g/mol. The van der Waals surface area contributed by atoms with Gasteiger partial charge in [-0.15, -0.1) is 0 Å². The van der Waals surface area contributed by atoms with E-state index in [2.05, 4.69) is 34.3 Å². The van der Waals surface area contributed by atoms with Crippen molar-refractivity contribution in [2.24, 2.45) is 5.92 Å². The molecule has 0 bridgehead atoms. The van der Waals surface area contributed by atoms with Gasteiger partial charge in [-0.2, -0.15) is 0 Å². The second kappa shape index (κ2) is 10.1. The number of nitrogens with one attached hydrogen (secondary N) is 1. The number of hydrogen-bond donors (Lipinski definition) is 2. The third kappa shape index (κ3) is 6.19. The summed E-state index contributed by atoms with van der Waals surface area (Å²) >= 11 is 0. The van der Waals surface area contributed by atoms with Crippen molar-refractivity contribution in [3.8, 4) is 0 Å². The first-order chi connectivity index (χ1) is 13.1. The molecule has 0 aromatic heterocycles. The highest BCUT2D eigenvalue weighted by molar-refractivity contribution is 5.74. The van der Waals surface area contributed by atoms with E-state index >= 15 is 0 Å². The zero-order chi connectivity index (χ0) is 19.1. The van der Waals surface area contributed by atoms with E-state index in [0.29, 0.717) is 13.0 Å². The van der Waals surface area contributed by atoms with Gasteiger partial charge in [-0.05, 0) is 37.8 Å². The molecule has 2 aliphatic heterocycles. The van der Waals surface area contributed by atoms with E-state index in [-0.39, 0.29) is 18.1 Å². The van der Waals surface area contributed by atoms with Gasteiger partial charge < -0.3 is 20.2 Å². The minimum absolute atomic E-state index is 0.0418. The molecule has 2 heterocycles. The lowest BCUT2D eigenvalue weighted by molar-refractivity contribution is 0.0670. The average molecular weight is 375 g/mol. The molecule has 2 N–H and O–H groups in total. The largest absolute Gasteiger partial charge is 0.392 e. The molecule has 2 amide bonds. The molecule has 6 nitrogen and oxygen atoms in total. The van der Waals surface area contributed by atoms with Crippen LogP contribution in [0.4, 0.5) is 4.79 Å². The van der Waals surface area contributed by atoms with Gasteiger partial charge in [-0.1, -0.05) is 30.3 Å². The lowest BCUT2D eigenvalue weighted by atomic mass is 9.88. The Balaban J connectivity index is 1.33. The second-order valence-electron chi connectivity index (χ2n) is 7.96. The number of piperazine rings is 1. The van der Waals surface area contributed by atoms with Crippen molar-refractivity contribution in [2.45, 2.75) is 25.4 Å². The van der Waals surface area contributed by atoms with E-state index in [1.54, 1.807) is 0 Å². The van der Waals surface area contributed by atoms with Gasteiger partial charge in [0, 0.05) is 52.4 Å². The number of benzene rings is 1. The molecule has 1 atom stereocenters. The van der Waals surface area contributed by atoms with Gasteiger partial charge in [0.15, 0.2) is 0 Å². The van der Waals surface area contributed by atoms with Crippen molar-refractivity contribution in [3.05, 3.63) is 35.9 Å². The molecule has 150 valence electrons. The maximum Gasteiger partial charge on any atom is 0.317 e. The number of piperidine rings is 1. The molecule has 0 unspecified atom stereocenters. The van der Waals surface area contributed by atoms with Crippen LogP contribution in [0.15, 0.2) is 30.3 Å². The van der Waals surface area contributed by atoms with Crippen molar-refractivity contribution >= 4 is 6.03 Å². The molecule has 1 aromatic rings. The lowest BCUT2D eigenvalue weighted by Gasteiger charge is -2.35. The van der Waals surface area contributed by atoms with Crippen LogP contribution in [0.1, 0.15) is 18.4 Å². The summed E-state index contributed by atoms with van der Waals surface area (Å²) in [6, 6.07) is 10.2. The van der Waals surface area contributed by atoms with Crippen LogP contribution in [-0.4, -0.2) is 91.3 Å². The molecule has 3 rings (SSSR count). The van der Waals surface area contributed by atoms with Gasteiger partial charge in [0.05, 0.1) is 6.10 Å². The summed E-state index contributed by atoms with van der Waals surface area (Å²) in [5.41, 5.74) is 1.18. The fourth-order valence-corrected chi connectivity index (χ4v) is 4.01. The smallest absolute Gasteiger partial charge is 0.317 e. The fraction of sp³-hybridized carbons (Fsp3) is 0.667. The fourth-order valence-electron chi connectivity index (χ4n) is 4.01. The average Bonchev–Trinajstić information content (AvgIpc) is 2.70. The number of urea groups is 1. The van der Waals surface area contributed by atoms with Crippen molar-refractivity contribution in [2.75, 3.05) is 59.4 Å². The molecular weight excluding hydrogens is 340 g/mol. The quantitative estimate of drug-likeness (QED) is 0.787. The Kier molecular flexibility index (Phi) is 7.50. The topological polar surface area (TPSA) is 59.0 Å². The number of hydrogen-bond acceptors (Lipinski definition) is 4. The van der Waals surface area contributed by atoms with E-state index < -0.39 is 0 Å². The standard InChI is InChI=1S/C21H34N4O2/c1-23-13-15-24(16-14-23)12-9-22-21(27)25-10-7-19(8-11-25)20(26)17-18-5-3-2-4-6-18/h2-6,19-20,26H,7-17H2,1H3,(H,22,27)/t20-/m1/s1. The van der Waals surface area contributed by atoms with Crippen LogP contribution in [0.5, 0.6) is 0 Å². The Morgan fingerprint density at radius 2 is 1.78 bits per heavy atom. The van der Waals surface area contributed by atoms with Gasteiger partial charge >= 0.3 is 6.03 Å². The molecule has 6 heteroatoms. The van der Waals surface area contributed by atoms with E-state index in [1.807, 2.05) is 23.1 Å². The number of nitrogens with zero attached hydrogens (tertiary/aromatic N) is 3. The molecular formula is C21H34N4O2. The number of likely N-dealkylation sites (tertiary alicyclic amines) is 1. The van der Waals surface area contributed by atoms with Crippen LogP contribution in [0, 0.1) is 5.92 Å². The maximum atomic E-state index is 12.4. The number of aliphatic hydroxyl groups excluding tert-OH is 1. The number of amides is 2. The highest BCUT2D eigenvalue weighted by Crippen LogP contribution is 2.23. The van der Waals surface area contributed by atoms with Gasteiger partial charge in [-0.3, -0.25) is 4.90 Å². The Labute approximate surface area is 163 Å². The number of rotatable bonds is 6. The number of aliphatic hydroxyl groups is 1. The molecule has 0 spiro atoms. The molecule has 2 saturated heterocycles. The number of likely N-dealkylation sites (N-methyl/N-ethyl adjacent to an activating group) is 1. The molecule has 2 aliphatic rings. The summed E-state index contributed by atoms with van der Waals surface area (Å²) in [6.07, 6.45) is 2.12. The normalized spacial score (nSPS) is 21.2. The lowest BCUT2D eigenvalue weighted by Crippen LogP contribution is -2.50.